The highest BCUT2D eigenvalue weighted by atomic mass is 35.5. The molecule has 6 unspecified atom stereocenters. The second-order valence-electron chi connectivity index (χ2n) is 11.8. The summed E-state index contributed by atoms with van der Waals surface area (Å²) in [5.74, 6) is -6.51. The Morgan fingerprint density at radius 3 is 2.36 bits per heavy atom. The van der Waals surface area contributed by atoms with Crippen LogP contribution in [0.5, 0.6) is 11.5 Å². The molecule has 4 amide bonds. The maximum atomic E-state index is 15.0. The fraction of sp³-hybridized carbons (Fsp3) is 0.273. The van der Waals surface area contributed by atoms with E-state index >= 15 is 4.79 Å². The fourth-order valence-corrected chi connectivity index (χ4v) is 8.35. The average molecular weight is 648 g/mol. The summed E-state index contributed by atoms with van der Waals surface area (Å²) < 4.78 is 5.38. The van der Waals surface area contributed by atoms with Gasteiger partial charge in [0.05, 0.1) is 41.0 Å². The molecule has 1 saturated carbocycles. The highest BCUT2D eigenvalue weighted by Gasteiger charge is 2.70. The summed E-state index contributed by atoms with van der Waals surface area (Å²) >= 11 is 12.5. The van der Waals surface area contributed by atoms with E-state index in [-0.39, 0.29) is 34.4 Å². The Bertz CT molecular complexity index is 1810. The van der Waals surface area contributed by atoms with Crippen LogP contribution in [0.4, 0.5) is 5.69 Å². The SMILES string of the molecule is COc1ccc(C23C(=O)N(Nc4ccc(Cl)cc4Cl)C(=O)C2CC2C(=CCC4C(=O)N(O)C(=O)C42)C3c2ccccc2O)cc1. The van der Waals surface area contributed by atoms with Crippen LogP contribution in [0.25, 0.3) is 0 Å². The second kappa shape index (κ2) is 10.6. The van der Waals surface area contributed by atoms with Crippen molar-refractivity contribution >= 4 is 52.5 Å². The first-order chi connectivity index (χ1) is 21.6. The van der Waals surface area contributed by atoms with Gasteiger partial charge in [-0.25, -0.2) is 0 Å². The Morgan fingerprint density at radius 2 is 1.67 bits per heavy atom. The Kier molecular flexibility index (Phi) is 6.92. The van der Waals surface area contributed by atoms with E-state index in [1.54, 1.807) is 54.6 Å². The van der Waals surface area contributed by atoms with Gasteiger partial charge in [-0.05, 0) is 60.7 Å². The number of halogens is 2. The van der Waals surface area contributed by atoms with E-state index in [0.717, 1.165) is 5.01 Å². The normalized spacial score (nSPS) is 28.9. The third-order valence-electron chi connectivity index (χ3n) is 9.80. The van der Waals surface area contributed by atoms with Gasteiger partial charge in [0, 0.05) is 16.5 Å². The van der Waals surface area contributed by atoms with E-state index in [1.165, 1.54) is 19.2 Å². The first-order valence-corrected chi connectivity index (χ1v) is 15.1. The number of hydrogen-bond donors (Lipinski definition) is 3. The van der Waals surface area contributed by atoms with E-state index in [4.69, 9.17) is 27.9 Å². The van der Waals surface area contributed by atoms with Crippen molar-refractivity contribution in [3.63, 3.8) is 0 Å². The number of hydroxylamine groups is 2. The van der Waals surface area contributed by atoms with Crippen LogP contribution in [-0.2, 0) is 24.6 Å². The van der Waals surface area contributed by atoms with Gasteiger partial charge < -0.3 is 9.84 Å². The summed E-state index contributed by atoms with van der Waals surface area (Å²) in [6.07, 6.45) is 2.02. The first-order valence-electron chi connectivity index (χ1n) is 14.4. The van der Waals surface area contributed by atoms with Gasteiger partial charge in [0.15, 0.2) is 0 Å². The van der Waals surface area contributed by atoms with Crippen molar-refractivity contribution in [3.05, 3.63) is 99.6 Å². The molecule has 3 aromatic carbocycles. The minimum Gasteiger partial charge on any atom is -0.508 e. The van der Waals surface area contributed by atoms with Crippen LogP contribution in [0.3, 0.4) is 0 Å². The maximum Gasteiger partial charge on any atom is 0.260 e. The molecule has 45 heavy (non-hydrogen) atoms. The third-order valence-corrected chi connectivity index (χ3v) is 10.4. The number of aromatic hydroxyl groups is 1. The molecule has 2 saturated heterocycles. The summed E-state index contributed by atoms with van der Waals surface area (Å²) in [5.41, 5.74) is 3.14. The van der Waals surface area contributed by atoms with E-state index in [9.17, 15) is 24.7 Å². The van der Waals surface area contributed by atoms with Crippen molar-refractivity contribution in [2.24, 2.45) is 23.7 Å². The number of allylic oxidation sites excluding steroid dienone is 2. The quantitative estimate of drug-likeness (QED) is 0.198. The van der Waals surface area contributed by atoms with E-state index in [1.807, 2.05) is 6.08 Å². The van der Waals surface area contributed by atoms with Gasteiger partial charge in [0.1, 0.15) is 11.5 Å². The highest BCUT2D eigenvalue weighted by Crippen LogP contribution is 2.64. The number of benzene rings is 3. The molecule has 6 atom stereocenters. The van der Waals surface area contributed by atoms with Crippen LogP contribution >= 0.6 is 23.2 Å². The molecule has 3 N–H and O–H groups in total. The predicted molar refractivity (Wildman–Crippen MR) is 162 cm³/mol. The van der Waals surface area contributed by atoms with Gasteiger partial charge in [0.25, 0.3) is 23.6 Å². The van der Waals surface area contributed by atoms with E-state index < -0.39 is 58.6 Å². The van der Waals surface area contributed by atoms with Crippen LogP contribution < -0.4 is 10.2 Å². The number of carbonyl (C=O) groups is 4. The van der Waals surface area contributed by atoms with Gasteiger partial charge in [-0.1, -0.05) is 65.2 Å². The number of nitrogens with one attached hydrogen (secondary N) is 1. The number of carbonyl (C=O) groups excluding carboxylic acids is 4. The number of anilines is 1. The molecule has 0 bridgehead atoms. The lowest BCUT2D eigenvalue weighted by Crippen LogP contribution is -2.53. The molecule has 3 fully saturated rings. The number of fused-ring (bicyclic) bond motifs is 4. The lowest BCUT2D eigenvalue weighted by molar-refractivity contribution is -0.173. The molecule has 3 aromatic rings. The van der Waals surface area contributed by atoms with E-state index in [0.29, 0.717) is 27.5 Å². The van der Waals surface area contributed by atoms with Crippen molar-refractivity contribution in [2.75, 3.05) is 12.5 Å². The standard InChI is InChI=1S/C33H27Cl2N3O7/c1-45-18-9-6-16(7-10-18)33-23(30(41)37(32(33)43)36-25-13-8-17(34)14-24(25)35)15-22-19(28(33)20-4-2-3-5-26(20)39)11-12-21-27(22)31(42)38(44)29(21)40/h2-11,13-14,21-23,27-28,36,39,44H,12,15H2,1H3. The number of imide groups is 2. The summed E-state index contributed by atoms with van der Waals surface area (Å²) in [4.78, 5) is 55.7. The first kappa shape index (κ1) is 29.3. The number of ether oxygens (including phenoxy) is 1. The average Bonchev–Trinajstić information content (AvgIpc) is 3.39. The molecule has 7 rings (SSSR count). The highest BCUT2D eigenvalue weighted by molar-refractivity contribution is 6.36. The van der Waals surface area contributed by atoms with Crippen LogP contribution in [0.2, 0.25) is 10.0 Å². The van der Waals surface area contributed by atoms with Crippen molar-refractivity contribution in [1.29, 1.82) is 0 Å². The van der Waals surface area contributed by atoms with E-state index in [2.05, 4.69) is 5.43 Å². The van der Waals surface area contributed by atoms with Crippen molar-refractivity contribution in [2.45, 2.75) is 24.2 Å². The molecule has 2 aliphatic heterocycles. The molecule has 10 nitrogen and oxygen atoms in total. The predicted octanol–water partition coefficient (Wildman–Crippen LogP) is 5.08. The van der Waals surface area contributed by atoms with Gasteiger partial charge >= 0.3 is 0 Å². The van der Waals surface area contributed by atoms with Crippen molar-refractivity contribution < 1.29 is 34.2 Å². The van der Waals surface area contributed by atoms with Crippen molar-refractivity contribution in [1.82, 2.24) is 10.1 Å². The summed E-state index contributed by atoms with van der Waals surface area (Å²) in [6, 6.07) is 18.1. The zero-order valence-electron chi connectivity index (χ0n) is 23.8. The molecular formula is C33H27Cl2N3O7. The molecule has 2 heterocycles. The molecule has 0 spiro atoms. The molecule has 2 aliphatic carbocycles. The Labute approximate surface area is 267 Å². The van der Waals surface area contributed by atoms with Crippen LogP contribution in [0.1, 0.15) is 29.9 Å². The Hall–Kier alpha value is -4.38. The minimum absolute atomic E-state index is 0.0348. The maximum absolute atomic E-state index is 15.0. The number of para-hydroxylation sites is 1. The zero-order valence-corrected chi connectivity index (χ0v) is 25.3. The molecule has 12 heteroatoms. The minimum atomic E-state index is -1.59. The van der Waals surface area contributed by atoms with Crippen LogP contribution in [-0.4, -0.2) is 51.1 Å². The van der Waals surface area contributed by atoms with Crippen LogP contribution in [0.15, 0.2) is 78.4 Å². The number of phenolic OH excluding ortho intramolecular Hbond substituents is 1. The largest absolute Gasteiger partial charge is 0.508 e. The Balaban J connectivity index is 1.48. The number of amides is 4. The molecule has 0 radical (unpaired) electrons. The smallest absolute Gasteiger partial charge is 0.260 e. The molecule has 0 aromatic heterocycles. The fourth-order valence-electron chi connectivity index (χ4n) is 7.90. The molecule has 4 aliphatic rings. The lowest BCUT2D eigenvalue weighted by atomic mass is 9.49. The van der Waals surface area contributed by atoms with Crippen LogP contribution in [0, 0.1) is 23.7 Å². The number of phenols is 1. The number of rotatable bonds is 5. The topological polar surface area (TPSA) is 136 Å². The third kappa shape index (κ3) is 4.12. The van der Waals surface area contributed by atoms with Gasteiger partial charge in [-0.3, -0.25) is 29.8 Å². The number of hydrazine groups is 1. The number of hydrogen-bond acceptors (Lipinski definition) is 8. The summed E-state index contributed by atoms with van der Waals surface area (Å²) in [6.45, 7) is 0. The lowest BCUT2D eigenvalue weighted by Gasteiger charge is -2.50. The molecular weight excluding hydrogens is 621 g/mol. The van der Waals surface area contributed by atoms with Gasteiger partial charge in [0.2, 0.25) is 0 Å². The van der Waals surface area contributed by atoms with Gasteiger partial charge in [-0.2, -0.15) is 10.1 Å². The number of methoxy groups -OCH3 is 1. The monoisotopic (exact) mass is 647 g/mol. The molecule has 230 valence electrons. The number of nitrogens with zero attached hydrogens (tertiary/aromatic N) is 2. The van der Waals surface area contributed by atoms with Crippen molar-refractivity contribution in [3.8, 4) is 11.5 Å². The zero-order chi connectivity index (χ0) is 31.8. The summed E-state index contributed by atoms with van der Waals surface area (Å²) in [7, 11) is 1.52. The Morgan fingerprint density at radius 1 is 0.933 bits per heavy atom. The van der Waals surface area contributed by atoms with Gasteiger partial charge in [-0.15, -0.1) is 0 Å². The second-order valence-corrected chi connectivity index (χ2v) is 12.6. The summed E-state index contributed by atoms with van der Waals surface area (Å²) in [5, 5.41) is 23.3.